The van der Waals surface area contributed by atoms with E-state index in [2.05, 4.69) is 52.6 Å². The zero-order chi connectivity index (χ0) is 19.6. The maximum atomic E-state index is 12.2. The molecule has 138 valence electrons. The van der Waals surface area contributed by atoms with E-state index >= 15 is 0 Å². The number of hydrogen-bond acceptors (Lipinski definition) is 4. The lowest BCUT2D eigenvalue weighted by atomic mass is 10.1. The van der Waals surface area contributed by atoms with Gasteiger partial charge in [-0.2, -0.15) is 10.2 Å². The predicted octanol–water partition coefficient (Wildman–Crippen LogP) is 5.38. The molecule has 0 aliphatic carbocycles. The summed E-state index contributed by atoms with van der Waals surface area (Å²) in [4.78, 5) is 12.2. The molecule has 1 amide bonds. The third kappa shape index (κ3) is 4.70. The van der Waals surface area contributed by atoms with Crippen LogP contribution in [0.4, 0.5) is 0 Å². The maximum absolute atomic E-state index is 12.2. The number of hydrazone groups is 1. The summed E-state index contributed by atoms with van der Waals surface area (Å²) in [5, 5.41) is 21.5. The molecule has 3 rings (SSSR count). The number of carbonyl (C=O) groups excluding carboxylic acids is 1. The Balaban J connectivity index is 1.73. The number of hydrogen-bond donors (Lipinski definition) is 3. The summed E-state index contributed by atoms with van der Waals surface area (Å²) in [5.41, 5.74) is 4.13. The van der Waals surface area contributed by atoms with Gasteiger partial charge in [0.1, 0.15) is 11.4 Å². The van der Waals surface area contributed by atoms with E-state index in [1.165, 1.54) is 6.21 Å². The van der Waals surface area contributed by atoms with Crippen molar-refractivity contribution in [3.8, 4) is 17.0 Å². The summed E-state index contributed by atoms with van der Waals surface area (Å²) in [6, 6.07) is 9.90. The molecule has 0 bridgehead atoms. The monoisotopic (exact) mass is 530 g/mol. The van der Waals surface area contributed by atoms with Gasteiger partial charge in [0.25, 0.3) is 5.91 Å². The first kappa shape index (κ1) is 19.9. The van der Waals surface area contributed by atoms with Crippen molar-refractivity contribution in [3.05, 3.63) is 66.6 Å². The second-order valence-corrected chi connectivity index (χ2v) is 7.93. The molecule has 0 fully saturated rings. The number of phenolic OH excluding ortho intramolecular Hbond substituents is 1. The van der Waals surface area contributed by atoms with E-state index in [1.807, 2.05) is 0 Å². The summed E-state index contributed by atoms with van der Waals surface area (Å²) in [6.45, 7) is 0. The van der Waals surface area contributed by atoms with Crippen LogP contribution >= 0.6 is 55.1 Å². The molecule has 10 heteroatoms. The van der Waals surface area contributed by atoms with Crippen LogP contribution < -0.4 is 5.43 Å². The van der Waals surface area contributed by atoms with Gasteiger partial charge < -0.3 is 5.11 Å². The van der Waals surface area contributed by atoms with Gasteiger partial charge in [-0.25, -0.2) is 5.43 Å². The average molecular weight is 533 g/mol. The van der Waals surface area contributed by atoms with Crippen molar-refractivity contribution in [3.63, 3.8) is 0 Å². The minimum absolute atomic E-state index is 0.0115. The van der Waals surface area contributed by atoms with Crippen LogP contribution in [0.3, 0.4) is 0 Å². The molecule has 1 aromatic heterocycles. The average Bonchev–Trinajstić information content (AvgIpc) is 3.08. The molecule has 3 aromatic rings. The second kappa shape index (κ2) is 8.43. The fourth-order valence-electron chi connectivity index (χ4n) is 2.18. The number of nitrogens with one attached hydrogen (secondary N) is 2. The molecule has 0 aliphatic rings. The summed E-state index contributed by atoms with van der Waals surface area (Å²) in [7, 11) is 0. The third-order valence-corrected chi connectivity index (χ3v) is 5.07. The number of rotatable bonds is 4. The predicted molar refractivity (Wildman–Crippen MR) is 113 cm³/mol. The topological polar surface area (TPSA) is 90.4 Å². The Morgan fingerprint density at radius 3 is 2.74 bits per heavy atom. The van der Waals surface area contributed by atoms with Gasteiger partial charge >= 0.3 is 0 Å². The number of carbonyl (C=O) groups is 1. The van der Waals surface area contributed by atoms with Crippen molar-refractivity contribution in [2.75, 3.05) is 0 Å². The van der Waals surface area contributed by atoms with Crippen LogP contribution in [-0.4, -0.2) is 27.4 Å². The number of aromatic amines is 1. The number of amides is 1. The van der Waals surface area contributed by atoms with Crippen LogP contribution in [0.2, 0.25) is 10.0 Å². The van der Waals surface area contributed by atoms with Crippen LogP contribution in [0.15, 0.2) is 50.4 Å². The zero-order valence-electron chi connectivity index (χ0n) is 13.3. The Hall–Kier alpha value is -1.87. The van der Waals surface area contributed by atoms with Gasteiger partial charge in [-0.15, -0.1) is 0 Å². The van der Waals surface area contributed by atoms with E-state index in [1.54, 1.807) is 36.4 Å². The molecule has 0 saturated heterocycles. The smallest absolute Gasteiger partial charge is 0.289 e. The van der Waals surface area contributed by atoms with E-state index in [9.17, 15) is 9.90 Å². The number of benzene rings is 2. The first-order valence-electron chi connectivity index (χ1n) is 7.37. The number of phenols is 1. The molecular formula is C17H10Br2Cl2N4O2. The van der Waals surface area contributed by atoms with E-state index in [0.29, 0.717) is 31.3 Å². The lowest BCUT2D eigenvalue weighted by molar-refractivity contribution is 0.0950. The molecule has 3 N–H and O–H groups in total. The van der Waals surface area contributed by atoms with Gasteiger partial charge in [-0.1, -0.05) is 39.1 Å². The van der Waals surface area contributed by atoms with Crippen molar-refractivity contribution < 1.29 is 9.90 Å². The molecular weight excluding hydrogens is 523 g/mol. The van der Waals surface area contributed by atoms with Crippen molar-refractivity contribution in [1.29, 1.82) is 0 Å². The van der Waals surface area contributed by atoms with E-state index in [0.717, 1.165) is 4.47 Å². The van der Waals surface area contributed by atoms with Crippen LogP contribution in [-0.2, 0) is 0 Å². The molecule has 0 atom stereocenters. The molecule has 0 unspecified atom stereocenters. The second-order valence-electron chi connectivity index (χ2n) is 5.32. The Kier molecular flexibility index (Phi) is 6.21. The van der Waals surface area contributed by atoms with Crippen LogP contribution in [0.25, 0.3) is 11.3 Å². The SMILES string of the molecule is O=C(N/N=C/c1cc(Br)cc(Br)c1O)c1cc(-c2ccc(Cl)cc2Cl)n[nH]1. The molecule has 1 heterocycles. The van der Waals surface area contributed by atoms with Gasteiger partial charge in [0, 0.05) is 20.6 Å². The van der Waals surface area contributed by atoms with Gasteiger partial charge in [0.15, 0.2) is 0 Å². The van der Waals surface area contributed by atoms with Crippen LogP contribution in [0, 0.1) is 0 Å². The van der Waals surface area contributed by atoms with E-state index < -0.39 is 5.91 Å². The van der Waals surface area contributed by atoms with Crippen molar-refractivity contribution >= 4 is 67.2 Å². The summed E-state index contributed by atoms with van der Waals surface area (Å²) in [6.07, 6.45) is 1.33. The number of nitrogens with zero attached hydrogens (tertiary/aromatic N) is 2. The lowest BCUT2D eigenvalue weighted by Gasteiger charge is -2.02. The van der Waals surface area contributed by atoms with Crippen molar-refractivity contribution in [2.45, 2.75) is 0 Å². The van der Waals surface area contributed by atoms with Crippen LogP contribution in [0.5, 0.6) is 5.75 Å². The number of H-pyrrole nitrogens is 1. The molecule has 0 saturated carbocycles. The molecule has 27 heavy (non-hydrogen) atoms. The Labute approximate surface area is 180 Å². The Morgan fingerprint density at radius 1 is 1.22 bits per heavy atom. The van der Waals surface area contributed by atoms with E-state index in [4.69, 9.17) is 23.2 Å². The molecule has 0 aliphatic heterocycles. The van der Waals surface area contributed by atoms with Gasteiger partial charge in [0.05, 0.1) is 21.4 Å². The van der Waals surface area contributed by atoms with Gasteiger partial charge in [-0.3, -0.25) is 9.89 Å². The number of halogens is 4. The Bertz CT molecular complexity index is 1050. The van der Waals surface area contributed by atoms with E-state index in [-0.39, 0.29) is 11.4 Å². The van der Waals surface area contributed by atoms with Crippen LogP contribution in [0.1, 0.15) is 16.1 Å². The fourth-order valence-corrected chi connectivity index (χ4v) is 3.94. The first-order valence-corrected chi connectivity index (χ1v) is 9.71. The highest BCUT2D eigenvalue weighted by Gasteiger charge is 2.13. The third-order valence-electron chi connectivity index (χ3n) is 3.46. The molecule has 2 aromatic carbocycles. The normalized spacial score (nSPS) is 11.1. The maximum Gasteiger partial charge on any atom is 0.289 e. The highest BCUT2D eigenvalue weighted by Crippen LogP contribution is 2.31. The first-order chi connectivity index (χ1) is 12.8. The zero-order valence-corrected chi connectivity index (χ0v) is 18.0. The largest absolute Gasteiger partial charge is 0.506 e. The minimum atomic E-state index is -0.497. The number of aromatic nitrogens is 2. The molecule has 0 radical (unpaired) electrons. The minimum Gasteiger partial charge on any atom is -0.506 e. The van der Waals surface area contributed by atoms with Crippen molar-refractivity contribution in [2.24, 2.45) is 5.10 Å². The van der Waals surface area contributed by atoms with Gasteiger partial charge in [-0.05, 0) is 52.3 Å². The highest BCUT2D eigenvalue weighted by atomic mass is 79.9. The summed E-state index contributed by atoms with van der Waals surface area (Å²) < 4.78 is 1.25. The van der Waals surface area contributed by atoms with Gasteiger partial charge in [0.2, 0.25) is 0 Å². The quantitative estimate of drug-likeness (QED) is 0.311. The highest BCUT2D eigenvalue weighted by molar-refractivity contribution is 9.11. The summed E-state index contributed by atoms with van der Waals surface area (Å²) in [5.74, 6) is -0.485. The van der Waals surface area contributed by atoms with Crippen molar-refractivity contribution in [1.82, 2.24) is 15.6 Å². The lowest BCUT2D eigenvalue weighted by Crippen LogP contribution is -2.18. The Morgan fingerprint density at radius 2 is 2.00 bits per heavy atom. The number of aromatic hydroxyl groups is 1. The fraction of sp³-hybridized carbons (Fsp3) is 0. The standard InChI is InChI=1S/C17H10Br2Cl2N4O2/c18-9-3-8(16(26)12(19)4-9)7-22-25-17(27)15-6-14(23-24-15)11-2-1-10(20)5-13(11)21/h1-7,26H,(H,23,24)(H,25,27)/b22-7+. The molecule has 6 nitrogen and oxygen atoms in total. The summed E-state index contributed by atoms with van der Waals surface area (Å²) >= 11 is 18.6. The molecule has 0 spiro atoms.